The highest BCUT2D eigenvalue weighted by molar-refractivity contribution is 7.16. The molecule has 0 radical (unpaired) electrons. The number of hydrogen-bond donors (Lipinski definition) is 0. The molecule has 1 amide bonds. The first-order valence-electron chi connectivity index (χ1n) is 7.60. The second kappa shape index (κ2) is 7.59. The van der Waals surface area contributed by atoms with E-state index in [1.54, 1.807) is 16.7 Å². The number of amides is 1. The van der Waals surface area contributed by atoms with Gasteiger partial charge in [-0.2, -0.15) is 4.99 Å². The van der Waals surface area contributed by atoms with Crippen molar-refractivity contribution in [3.05, 3.63) is 40.8 Å². The van der Waals surface area contributed by atoms with Gasteiger partial charge in [-0.3, -0.25) is 4.79 Å². The molecule has 0 bridgehead atoms. The van der Waals surface area contributed by atoms with Gasteiger partial charge in [0.05, 0.1) is 16.8 Å². The van der Waals surface area contributed by atoms with Crippen molar-refractivity contribution in [2.75, 3.05) is 26.4 Å². The lowest BCUT2D eigenvalue weighted by molar-refractivity contribution is -0.119. The molecule has 2 heterocycles. The zero-order valence-corrected chi connectivity index (χ0v) is 14.0. The molecule has 0 atom stereocenters. The molecule has 0 spiro atoms. The lowest BCUT2D eigenvalue weighted by atomic mass is 10.3. The second-order valence-corrected chi connectivity index (χ2v) is 5.95. The van der Waals surface area contributed by atoms with Crippen molar-refractivity contribution in [1.29, 1.82) is 0 Å². The average molecular weight is 352 g/mol. The summed E-state index contributed by atoms with van der Waals surface area (Å²) in [7, 11) is 0. The quantitative estimate of drug-likeness (QED) is 0.774. The lowest BCUT2D eigenvalue weighted by Crippen LogP contribution is -2.22. The maximum absolute atomic E-state index is 14.2. The molecule has 0 unspecified atom stereocenters. The molecule has 128 valence electrons. The van der Waals surface area contributed by atoms with Crippen LogP contribution in [0.4, 0.5) is 4.39 Å². The van der Waals surface area contributed by atoms with Crippen LogP contribution in [0.25, 0.3) is 10.2 Å². The number of nitrogens with zero attached hydrogens (tertiary/aromatic N) is 2. The summed E-state index contributed by atoms with van der Waals surface area (Å²) in [5.41, 5.74) is 0.420. The first kappa shape index (κ1) is 16.7. The van der Waals surface area contributed by atoms with Gasteiger partial charge in [0, 0.05) is 13.2 Å². The van der Waals surface area contributed by atoms with Gasteiger partial charge >= 0.3 is 5.91 Å². The topological polar surface area (TPSA) is 62.1 Å². The third-order valence-corrected chi connectivity index (χ3v) is 4.42. The van der Waals surface area contributed by atoms with Crippen molar-refractivity contribution in [3.63, 3.8) is 0 Å². The van der Waals surface area contributed by atoms with Gasteiger partial charge in [-0.25, -0.2) is 4.39 Å². The molecule has 24 heavy (non-hydrogen) atoms. The van der Waals surface area contributed by atoms with Gasteiger partial charge in [0.1, 0.15) is 25.3 Å². The molecule has 1 aliphatic rings. The van der Waals surface area contributed by atoms with E-state index >= 15 is 0 Å². The van der Waals surface area contributed by atoms with E-state index < -0.39 is 5.91 Å². The molecule has 1 aromatic heterocycles. The zero-order chi connectivity index (χ0) is 16.9. The van der Waals surface area contributed by atoms with E-state index in [0.29, 0.717) is 48.0 Å². The Kier molecular flexibility index (Phi) is 5.27. The van der Waals surface area contributed by atoms with Crippen LogP contribution in [0.1, 0.15) is 6.92 Å². The monoisotopic (exact) mass is 352 g/mol. The molecule has 8 heteroatoms. The predicted molar refractivity (Wildman–Crippen MR) is 86.8 cm³/mol. The van der Waals surface area contributed by atoms with Crippen LogP contribution in [0, 0.1) is 5.82 Å². The summed E-state index contributed by atoms with van der Waals surface area (Å²) in [6, 6.07) is 4.81. The van der Waals surface area contributed by atoms with Gasteiger partial charge in [-0.15, -0.1) is 0 Å². The Morgan fingerprint density at radius 3 is 3.08 bits per heavy atom. The van der Waals surface area contributed by atoms with Crippen LogP contribution in [0.2, 0.25) is 0 Å². The van der Waals surface area contributed by atoms with Crippen molar-refractivity contribution in [1.82, 2.24) is 4.57 Å². The number of rotatable bonds is 5. The van der Waals surface area contributed by atoms with Crippen LogP contribution in [0.15, 0.2) is 35.2 Å². The van der Waals surface area contributed by atoms with Gasteiger partial charge in [-0.05, 0) is 19.1 Å². The van der Waals surface area contributed by atoms with Crippen molar-refractivity contribution in [3.8, 4) is 0 Å². The highest BCUT2D eigenvalue weighted by atomic mass is 32.1. The van der Waals surface area contributed by atoms with Gasteiger partial charge in [0.2, 0.25) is 5.76 Å². The summed E-state index contributed by atoms with van der Waals surface area (Å²) in [4.78, 5) is 16.7. The van der Waals surface area contributed by atoms with Crippen molar-refractivity contribution < 1.29 is 23.4 Å². The summed E-state index contributed by atoms with van der Waals surface area (Å²) < 4.78 is 32.3. The van der Waals surface area contributed by atoms with Gasteiger partial charge < -0.3 is 18.8 Å². The van der Waals surface area contributed by atoms with E-state index in [4.69, 9.17) is 14.2 Å². The molecule has 1 aliphatic heterocycles. The third kappa shape index (κ3) is 3.49. The van der Waals surface area contributed by atoms with Crippen molar-refractivity contribution in [2.45, 2.75) is 13.5 Å². The van der Waals surface area contributed by atoms with E-state index in [1.807, 2.05) is 6.92 Å². The van der Waals surface area contributed by atoms with Crippen LogP contribution >= 0.6 is 11.3 Å². The lowest BCUT2D eigenvalue weighted by Gasteiger charge is -2.12. The largest absolute Gasteiger partial charge is 0.494 e. The number of ether oxygens (including phenoxy) is 3. The normalized spacial score (nSPS) is 15.1. The van der Waals surface area contributed by atoms with E-state index in [0.717, 1.165) is 0 Å². The molecule has 0 fully saturated rings. The smallest absolute Gasteiger partial charge is 0.317 e. The van der Waals surface area contributed by atoms with E-state index in [-0.39, 0.29) is 11.6 Å². The number of carbonyl (C=O) groups excluding carboxylic acids is 1. The van der Waals surface area contributed by atoms with Gasteiger partial charge in [0.25, 0.3) is 0 Å². The molecule has 6 nitrogen and oxygen atoms in total. The number of fused-ring (bicyclic) bond motifs is 1. The zero-order valence-electron chi connectivity index (χ0n) is 13.2. The van der Waals surface area contributed by atoms with Crippen LogP contribution in [0.3, 0.4) is 0 Å². The molecular weight excluding hydrogens is 335 g/mol. The molecule has 0 saturated heterocycles. The first-order chi connectivity index (χ1) is 11.7. The molecule has 0 saturated carbocycles. The average Bonchev–Trinajstić information content (AvgIpc) is 2.94. The highest BCUT2D eigenvalue weighted by Crippen LogP contribution is 2.20. The number of para-hydroxylation sites is 1. The van der Waals surface area contributed by atoms with E-state index in [1.165, 1.54) is 23.7 Å². The van der Waals surface area contributed by atoms with Crippen LogP contribution in [-0.4, -0.2) is 36.9 Å². The van der Waals surface area contributed by atoms with Crippen LogP contribution < -0.4 is 4.80 Å². The Morgan fingerprint density at radius 2 is 2.33 bits per heavy atom. The summed E-state index contributed by atoms with van der Waals surface area (Å²) in [6.45, 7) is 3.96. The minimum atomic E-state index is -0.549. The highest BCUT2D eigenvalue weighted by Gasteiger charge is 2.16. The van der Waals surface area contributed by atoms with E-state index in [9.17, 15) is 9.18 Å². The maximum Gasteiger partial charge on any atom is 0.317 e. The fourth-order valence-electron chi connectivity index (χ4n) is 2.30. The number of halogens is 1. The maximum atomic E-state index is 14.2. The van der Waals surface area contributed by atoms with Crippen LogP contribution in [0.5, 0.6) is 0 Å². The summed E-state index contributed by atoms with van der Waals surface area (Å²) in [5, 5.41) is 0. The van der Waals surface area contributed by atoms with Crippen molar-refractivity contribution >= 4 is 27.5 Å². The minimum Gasteiger partial charge on any atom is -0.494 e. The van der Waals surface area contributed by atoms with Crippen molar-refractivity contribution in [2.24, 2.45) is 4.99 Å². The molecule has 0 aliphatic carbocycles. The van der Waals surface area contributed by atoms with E-state index in [2.05, 4.69) is 4.99 Å². The Morgan fingerprint density at radius 1 is 1.46 bits per heavy atom. The summed E-state index contributed by atoms with van der Waals surface area (Å²) in [6.07, 6.45) is 1.26. The van der Waals surface area contributed by atoms with Gasteiger partial charge in [0.15, 0.2) is 4.80 Å². The Labute approximate surface area is 141 Å². The molecule has 0 N–H and O–H groups in total. The number of carbonyl (C=O) groups is 1. The molecule has 3 rings (SSSR count). The molecule has 1 aromatic carbocycles. The number of benzene rings is 1. The Hall–Kier alpha value is -2.19. The number of hydrogen-bond acceptors (Lipinski definition) is 5. The standard InChI is InChI=1S/C16H17FN2O4S/c1-2-21-7-6-19-14-11(17)4-3-5-13(14)24-16(19)18-15(20)12-10-22-8-9-23-12/h3-5,10H,2,6-9H2,1H3. The molecular formula is C16H17FN2O4S. The van der Waals surface area contributed by atoms with Gasteiger partial charge in [-0.1, -0.05) is 17.4 Å². The minimum absolute atomic E-state index is 0.0514. The third-order valence-electron chi connectivity index (χ3n) is 3.37. The Balaban J connectivity index is 2.03. The Bertz CT molecular complexity index is 840. The fraction of sp³-hybridized carbons (Fsp3) is 0.375. The van der Waals surface area contributed by atoms with Crippen LogP contribution in [-0.2, 0) is 25.5 Å². The number of aromatic nitrogens is 1. The molecule has 2 aromatic rings. The number of thiazole rings is 1. The SMILES string of the molecule is CCOCCn1c(=NC(=O)C2=COCCO2)sc2cccc(F)c21. The predicted octanol–water partition coefficient (Wildman–Crippen LogP) is 2.19. The second-order valence-electron chi connectivity index (χ2n) is 4.94. The summed E-state index contributed by atoms with van der Waals surface area (Å²) in [5.74, 6) is -0.854. The summed E-state index contributed by atoms with van der Waals surface area (Å²) >= 11 is 1.24. The first-order valence-corrected chi connectivity index (χ1v) is 8.41. The fourth-order valence-corrected chi connectivity index (χ4v) is 3.37.